The molecule has 1 aromatic rings. The summed E-state index contributed by atoms with van der Waals surface area (Å²) in [6, 6.07) is 8.71. The Balaban J connectivity index is 2.14. The zero-order chi connectivity index (χ0) is 13.9. The number of nitrogens with one attached hydrogen (secondary N) is 1. The Bertz CT molecular complexity index is 475. The molecule has 2 amide bonds. The van der Waals surface area contributed by atoms with E-state index in [0.29, 0.717) is 18.7 Å². The average molecular weight is 262 g/mol. The minimum atomic E-state index is -1.11. The van der Waals surface area contributed by atoms with Gasteiger partial charge in [0.05, 0.1) is 0 Å². The summed E-state index contributed by atoms with van der Waals surface area (Å²) in [6.07, 6.45) is 2.16. The highest BCUT2D eigenvalue weighted by atomic mass is 16.4. The maximum Gasteiger partial charge on any atom is 0.329 e. The standard InChI is InChI=1S/C14H18N2O3/c1-14(12(17)18)9-5-6-10-16(14)13(19)15-11-7-3-2-4-8-11/h2-4,7-8H,5-6,9-10H2,1H3,(H,15,19)(H,17,18). The Hall–Kier alpha value is -2.04. The van der Waals surface area contributed by atoms with Gasteiger partial charge in [0, 0.05) is 12.2 Å². The third kappa shape index (κ3) is 2.70. The first-order chi connectivity index (χ1) is 9.04. The van der Waals surface area contributed by atoms with Crippen molar-refractivity contribution in [1.29, 1.82) is 0 Å². The van der Waals surface area contributed by atoms with Crippen molar-refractivity contribution in [1.82, 2.24) is 4.90 Å². The first-order valence-corrected chi connectivity index (χ1v) is 6.41. The smallest absolute Gasteiger partial charge is 0.329 e. The van der Waals surface area contributed by atoms with Crippen molar-refractivity contribution in [2.75, 3.05) is 11.9 Å². The molecule has 1 aliphatic heterocycles. The number of carbonyl (C=O) groups excluding carboxylic acids is 1. The summed E-state index contributed by atoms with van der Waals surface area (Å²) in [4.78, 5) is 25.1. The van der Waals surface area contributed by atoms with Crippen LogP contribution in [-0.2, 0) is 4.79 Å². The van der Waals surface area contributed by atoms with Gasteiger partial charge in [-0.15, -0.1) is 0 Å². The number of carboxylic acid groups (broad SMARTS) is 1. The summed E-state index contributed by atoms with van der Waals surface area (Å²) >= 11 is 0. The third-order valence-electron chi connectivity index (χ3n) is 3.62. The average Bonchev–Trinajstić information content (AvgIpc) is 2.40. The molecule has 5 nitrogen and oxygen atoms in total. The van der Waals surface area contributed by atoms with Gasteiger partial charge in [0.2, 0.25) is 0 Å². The molecule has 19 heavy (non-hydrogen) atoms. The Morgan fingerprint density at radius 3 is 2.58 bits per heavy atom. The van der Waals surface area contributed by atoms with Gasteiger partial charge in [-0.1, -0.05) is 18.2 Å². The molecule has 0 aliphatic carbocycles. The Kier molecular flexibility index (Phi) is 3.74. The molecule has 0 radical (unpaired) electrons. The van der Waals surface area contributed by atoms with Gasteiger partial charge in [-0.3, -0.25) is 0 Å². The topological polar surface area (TPSA) is 69.6 Å². The number of amides is 2. The van der Waals surface area contributed by atoms with Crippen LogP contribution in [0.3, 0.4) is 0 Å². The van der Waals surface area contributed by atoms with Crippen molar-refractivity contribution in [3.8, 4) is 0 Å². The molecule has 1 fully saturated rings. The Labute approximate surface area is 112 Å². The van der Waals surface area contributed by atoms with E-state index < -0.39 is 11.5 Å². The molecular weight excluding hydrogens is 244 g/mol. The number of anilines is 1. The van der Waals surface area contributed by atoms with Crippen molar-refractivity contribution in [2.24, 2.45) is 0 Å². The SMILES string of the molecule is CC1(C(=O)O)CCCCN1C(=O)Nc1ccccc1. The van der Waals surface area contributed by atoms with Crippen LogP contribution in [-0.4, -0.2) is 34.1 Å². The second-order valence-corrected chi connectivity index (χ2v) is 4.98. The Morgan fingerprint density at radius 2 is 1.95 bits per heavy atom. The molecule has 1 unspecified atom stereocenters. The van der Waals surface area contributed by atoms with Gasteiger partial charge in [0.1, 0.15) is 5.54 Å². The summed E-state index contributed by atoms with van der Waals surface area (Å²) in [5.74, 6) is -0.949. The van der Waals surface area contributed by atoms with Crippen LogP contribution < -0.4 is 5.32 Å². The Morgan fingerprint density at radius 1 is 1.26 bits per heavy atom. The van der Waals surface area contributed by atoms with Crippen LogP contribution in [0.1, 0.15) is 26.2 Å². The van der Waals surface area contributed by atoms with Crippen molar-refractivity contribution < 1.29 is 14.7 Å². The molecule has 1 aliphatic rings. The lowest BCUT2D eigenvalue weighted by atomic mass is 9.89. The van der Waals surface area contributed by atoms with Crippen molar-refractivity contribution >= 4 is 17.7 Å². The van der Waals surface area contributed by atoms with Crippen LogP contribution in [0.2, 0.25) is 0 Å². The van der Waals surface area contributed by atoms with E-state index >= 15 is 0 Å². The molecular formula is C14H18N2O3. The van der Waals surface area contributed by atoms with E-state index in [4.69, 9.17) is 0 Å². The summed E-state index contributed by atoms with van der Waals surface area (Å²) < 4.78 is 0. The molecule has 0 saturated carbocycles. The van der Waals surface area contributed by atoms with Crippen LogP contribution in [0.4, 0.5) is 10.5 Å². The van der Waals surface area contributed by atoms with Crippen LogP contribution in [0, 0.1) is 0 Å². The van der Waals surface area contributed by atoms with Gasteiger partial charge in [0.15, 0.2) is 0 Å². The largest absolute Gasteiger partial charge is 0.480 e. The maximum absolute atomic E-state index is 12.2. The number of carbonyl (C=O) groups is 2. The fourth-order valence-corrected chi connectivity index (χ4v) is 2.38. The van der Waals surface area contributed by atoms with Crippen LogP contribution in [0.5, 0.6) is 0 Å². The maximum atomic E-state index is 12.2. The van der Waals surface area contributed by atoms with Crippen molar-refractivity contribution in [3.05, 3.63) is 30.3 Å². The van der Waals surface area contributed by atoms with Gasteiger partial charge < -0.3 is 15.3 Å². The fraction of sp³-hybridized carbons (Fsp3) is 0.429. The number of benzene rings is 1. The molecule has 1 aromatic carbocycles. The molecule has 2 rings (SSSR count). The second-order valence-electron chi connectivity index (χ2n) is 4.98. The minimum absolute atomic E-state index is 0.351. The van der Waals surface area contributed by atoms with Crippen LogP contribution >= 0.6 is 0 Å². The number of hydrogen-bond donors (Lipinski definition) is 2. The lowest BCUT2D eigenvalue weighted by Crippen LogP contribution is -2.58. The second kappa shape index (κ2) is 5.30. The van der Waals surface area contributed by atoms with Crippen molar-refractivity contribution in [2.45, 2.75) is 31.7 Å². The third-order valence-corrected chi connectivity index (χ3v) is 3.62. The van der Waals surface area contributed by atoms with Gasteiger partial charge >= 0.3 is 12.0 Å². The monoisotopic (exact) mass is 262 g/mol. The van der Waals surface area contributed by atoms with E-state index in [2.05, 4.69) is 5.32 Å². The summed E-state index contributed by atoms with van der Waals surface area (Å²) in [7, 11) is 0. The highest BCUT2D eigenvalue weighted by Crippen LogP contribution is 2.28. The zero-order valence-corrected chi connectivity index (χ0v) is 10.9. The predicted molar refractivity (Wildman–Crippen MR) is 72.1 cm³/mol. The minimum Gasteiger partial charge on any atom is -0.480 e. The number of nitrogens with zero attached hydrogens (tertiary/aromatic N) is 1. The fourth-order valence-electron chi connectivity index (χ4n) is 2.38. The first kappa shape index (κ1) is 13.4. The lowest BCUT2D eigenvalue weighted by molar-refractivity contribution is -0.150. The molecule has 2 N–H and O–H groups in total. The zero-order valence-electron chi connectivity index (χ0n) is 10.9. The predicted octanol–water partition coefficient (Wildman–Crippen LogP) is 2.55. The van der Waals surface area contributed by atoms with Crippen LogP contribution in [0.25, 0.3) is 0 Å². The molecule has 102 valence electrons. The number of rotatable bonds is 2. The molecule has 0 bridgehead atoms. The molecule has 1 heterocycles. The normalized spacial score (nSPS) is 22.9. The van der Waals surface area contributed by atoms with E-state index in [1.165, 1.54) is 4.90 Å². The van der Waals surface area contributed by atoms with Crippen molar-refractivity contribution in [3.63, 3.8) is 0 Å². The highest BCUT2D eigenvalue weighted by Gasteiger charge is 2.43. The number of aliphatic carboxylic acids is 1. The van der Waals surface area contributed by atoms with Gasteiger partial charge in [0.25, 0.3) is 0 Å². The van der Waals surface area contributed by atoms with Gasteiger partial charge in [-0.05, 0) is 38.3 Å². The van der Waals surface area contributed by atoms with Gasteiger partial charge in [-0.2, -0.15) is 0 Å². The van der Waals surface area contributed by atoms with E-state index in [9.17, 15) is 14.7 Å². The quantitative estimate of drug-likeness (QED) is 0.860. The molecule has 5 heteroatoms. The van der Waals surface area contributed by atoms with E-state index in [-0.39, 0.29) is 6.03 Å². The number of hydrogen-bond acceptors (Lipinski definition) is 2. The molecule has 0 spiro atoms. The number of piperidine rings is 1. The highest BCUT2D eigenvalue weighted by molar-refractivity contribution is 5.93. The lowest BCUT2D eigenvalue weighted by Gasteiger charge is -2.41. The van der Waals surface area contributed by atoms with E-state index in [1.807, 2.05) is 18.2 Å². The van der Waals surface area contributed by atoms with Gasteiger partial charge in [-0.25, -0.2) is 9.59 Å². The number of carboxylic acids is 1. The first-order valence-electron chi connectivity index (χ1n) is 6.41. The molecule has 1 saturated heterocycles. The van der Waals surface area contributed by atoms with E-state index in [1.54, 1.807) is 19.1 Å². The number of urea groups is 1. The summed E-state index contributed by atoms with van der Waals surface area (Å²) in [5, 5.41) is 12.1. The molecule has 1 atom stereocenters. The van der Waals surface area contributed by atoms with Crippen LogP contribution in [0.15, 0.2) is 30.3 Å². The molecule has 0 aromatic heterocycles. The summed E-state index contributed by atoms with van der Waals surface area (Å²) in [6.45, 7) is 2.08. The number of likely N-dealkylation sites (tertiary alicyclic amines) is 1. The van der Waals surface area contributed by atoms with E-state index in [0.717, 1.165) is 12.8 Å². The number of para-hydroxylation sites is 1. The summed E-state index contributed by atoms with van der Waals surface area (Å²) in [5.41, 5.74) is -0.442.